The van der Waals surface area contributed by atoms with Gasteiger partial charge in [0.1, 0.15) is 23.7 Å². The van der Waals surface area contributed by atoms with Gasteiger partial charge in [0.25, 0.3) is 0 Å². The van der Waals surface area contributed by atoms with Crippen LogP contribution >= 0.6 is 12.2 Å². The Hall–Kier alpha value is -5.20. The zero-order valence-corrected chi connectivity index (χ0v) is 23.8. The standard InChI is InChI=1S/C32H25N3O8S/c36-29(19-10-4-1-5-11-19)40-18-23-25(42-30(37)20-12-6-2-7-13-20)26(43-31(38)21-14-8-3-9-15-21)27(41-23)35-28(44)24-22(16-17-33-24)34-32(35)39/h1-17,23-27,33H,18H2/t23-,24?,25-,26-,27-/m1/s1. The fourth-order valence-electron chi connectivity index (χ4n) is 5.01. The van der Waals surface area contributed by atoms with E-state index < -0.39 is 61.1 Å². The lowest BCUT2D eigenvalue weighted by Gasteiger charge is -2.35. The third-order valence-corrected chi connectivity index (χ3v) is 7.59. The first-order valence-corrected chi connectivity index (χ1v) is 14.1. The number of carbonyl (C=O) groups is 4. The molecule has 0 aliphatic carbocycles. The van der Waals surface area contributed by atoms with Gasteiger partial charge in [-0.2, -0.15) is 4.99 Å². The summed E-state index contributed by atoms with van der Waals surface area (Å²) in [5.74, 6) is -2.15. The topological polar surface area (TPSA) is 133 Å². The molecule has 1 saturated heterocycles. The Morgan fingerprint density at radius 2 is 1.32 bits per heavy atom. The van der Waals surface area contributed by atoms with E-state index >= 15 is 0 Å². The van der Waals surface area contributed by atoms with Gasteiger partial charge in [0, 0.05) is 0 Å². The number of carbonyl (C=O) groups excluding carboxylic acids is 4. The Bertz CT molecular complexity index is 1650. The lowest BCUT2D eigenvalue weighted by atomic mass is 10.1. The minimum absolute atomic E-state index is 0.117. The SMILES string of the molecule is O=C(OC[C@H]1O[C@@H](N2C(=O)N=C3C=CNC3C2=S)[C@H](OC(=O)c2ccccc2)[C@@H]1OC(=O)c1ccccc1)c1ccccc1. The van der Waals surface area contributed by atoms with Gasteiger partial charge in [-0.15, -0.1) is 0 Å². The molecule has 0 radical (unpaired) electrons. The highest BCUT2D eigenvalue weighted by Crippen LogP contribution is 2.33. The molecule has 6 rings (SSSR count). The van der Waals surface area contributed by atoms with Crippen LogP contribution in [0, 0.1) is 0 Å². The van der Waals surface area contributed by atoms with Gasteiger partial charge in [-0.3, -0.25) is 4.90 Å². The van der Waals surface area contributed by atoms with E-state index in [1.807, 2.05) is 0 Å². The molecule has 3 aliphatic rings. The van der Waals surface area contributed by atoms with Crippen molar-refractivity contribution in [2.75, 3.05) is 6.61 Å². The first kappa shape index (κ1) is 28.9. The summed E-state index contributed by atoms with van der Waals surface area (Å²) in [7, 11) is 0. The van der Waals surface area contributed by atoms with Crippen molar-refractivity contribution in [3.8, 4) is 0 Å². The second-order valence-corrected chi connectivity index (χ2v) is 10.4. The van der Waals surface area contributed by atoms with Crippen molar-refractivity contribution in [1.29, 1.82) is 0 Å². The minimum Gasteiger partial charge on any atom is -0.459 e. The molecule has 0 saturated carbocycles. The van der Waals surface area contributed by atoms with Crippen LogP contribution in [0.3, 0.4) is 0 Å². The molecular weight excluding hydrogens is 586 g/mol. The van der Waals surface area contributed by atoms with Crippen LogP contribution in [0.4, 0.5) is 4.79 Å². The zero-order valence-electron chi connectivity index (χ0n) is 23.0. The first-order valence-electron chi connectivity index (χ1n) is 13.7. The molecule has 0 spiro atoms. The lowest BCUT2D eigenvalue weighted by Crippen LogP contribution is -2.58. The predicted octanol–water partition coefficient (Wildman–Crippen LogP) is 3.71. The van der Waals surface area contributed by atoms with E-state index in [9.17, 15) is 19.2 Å². The van der Waals surface area contributed by atoms with Gasteiger partial charge in [-0.05, 0) is 48.7 Å². The molecule has 2 amide bonds. The summed E-state index contributed by atoms with van der Waals surface area (Å²) < 4.78 is 23.6. The normalized spacial score (nSPS) is 23.8. The summed E-state index contributed by atoms with van der Waals surface area (Å²) in [5.41, 5.74) is 1.16. The van der Waals surface area contributed by atoms with Gasteiger partial charge in [-0.1, -0.05) is 66.8 Å². The van der Waals surface area contributed by atoms with Gasteiger partial charge < -0.3 is 24.3 Å². The van der Waals surface area contributed by atoms with E-state index in [-0.39, 0.29) is 16.1 Å². The largest absolute Gasteiger partial charge is 0.459 e. The van der Waals surface area contributed by atoms with E-state index in [1.165, 1.54) is 0 Å². The van der Waals surface area contributed by atoms with Gasteiger partial charge >= 0.3 is 23.9 Å². The molecule has 3 aliphatic heterocycles. The van der Waals surface area contributed by atoms with E-state index in [0.717, 1.165) is 4.90 Å². The van der Waals surface area contributed by atoms with Crippen molar-refractivity contribution in [3.05, 3.63) is 120 Å². The number of hydrogen-bond acceptors (Lipinski definition) is 10. The van der Waals surface area contributed by atoms with Gasteiger partial charge in [0.2, 0.25) is 0 Å². The molecule has 222 valence electrons. The van der Waals surface area contributed by atoms with Gasteiger partial charge in [0.05, 0.1) is 22.4 Å². The molecule has 5 atom stereocenters. The fourth-order valence-corrected chi connectivity index (χ4v) is 5.38. The summed E-state index contributed by atoms with van der Waals surface area (Å²) in [6.07, 6.45) is -1.99. The second-order valence-electron chi connectivity index (χ2n) is 9.96. The Kier molecular flexibility index (Phi) is 8.26. The summed E-state index contributed by atoms with van der Waals surface area (Å²) >= 11 is 5.66. The maximum absolute atomic E-state index is 13.3. The van der Waals surface area contributed by atoms with Crippen molar-refractivity contribution in [2.45, 2.75) is 30.6 Å². The molecular formula is C32H25N3O8S. The van der Waals surface area contributed by atoms with E-state index in [0.29, 0.717) is 11.3 Å². The van der Waals surface area contributed by atoms with Crippen molar-refractivity contribution in [1.82, 2.24) is 10.2 Å². The average molecular weight is 612 g/mol. The number of amides is 2. The van der Waals surface area contributed by atoms with Crippen molar-refractivity contribution in [2.24, 2.45) is 4.99 Å². The monoisotopic (exact) mass is 611 g/mol. The maximum atomic E-state index is 13.3. The van der Waals surface area contributed by atoms with E-state index in [4.69, 9.17) is 31.2 Å². The fraction of sp³-hybridized carbons (Fsp3) is 0.188. The number of hydrogen-bond donors (Lipinski definition) is 1. The van der Waals surface area contributed by atoms with Gasteiger partial charge in [0.15, 0.2) is 18.4 Å². The highest BCUT2D eigenvalue weighted by Gasteiger charge is 2.56. The number of ether oxygens (including phenoxy) is 4. The van der Waals surface area contributed by atoms with Crippen LogP contribution in [0.15, 0.2) is 108 Å². The number of nitrogens with zero attached hydrogens (tertiary/aromatic N) is 2. The minimum atomic E-state index is -1.39. The molecule has 3 aromatic rings. The third kappa shape index (κ3) is 5.85. The third-order valence-electron chi connectivity index (χ3n) is 7.16. The Morgan fingerprint density at radius 3 is 1.89 bits per heavy atom. The Balaban J connectivity index is 1.35. The van der Waals surface area contributed by atoms with Crippen molar-refractivity contribution >= 4 is 46.9 Å². The summed E-state index contributed by atoms with van der Waals surface area (Å²) in [6, 6.07) is 23.3. The summed E-state index contributed by atoms with van der Waals surface area (Å²) in [5, 5.41) is 3.03. The maximum Gasteiger partial charge on any atom is 0.351 e. The Morgan fingerprint density at radius 1 is 0.795 bits per heavy atom. The number of esters is 3. The van der Waals surface area contributed by atoms with Crippen LogP contribution in [0.25, 0.3) is 0 Å². The average Bonchev–Trinajstić information content (AvgIpc) is 3.66. The second kappa shape index (κ2) is 12.6. The number of thiocarbonyl (C=S) groups is 1. The van der Waals surface area contributed by atoms with Gasteiger partial charge in [-0.25, -0.2) is 19.2 Å². The van der Waals surface area contributed by atoms with E-state index in [2.05, 4.69) is 10.3 Å². The number of urea groups is 1. The molecule has 44 heavy (non-hydrogen) atoms. The van der Waals surface area contributed by atoms with Crippen molar-refractivity contribution < 1.29 is 38.1 Å². The van der Waals surface area contributed by atoms with Crippen LogP contribution in [0.2, 0.25) is 0 Å². The smallest absolute Gasteiger partial charge is 0.351 e. The number of aliphatic imine (C=N–C) groups is 1. The Labute approximate surface area is 257 Å². The molecule has 0 aromatic heterocycles. The molecule has 3 aromatic carbocycles. The number of rotatable bonds is 8. The van der Waals surface area contributed by atoms with Crippen molar-refractivity contribution in [3.63, 3.8) is 0 Å². The molecule has 11 nitrogen and oxygen atoms in total. The molecule has 3 heterocycles. The highest BCUT2D eigenvalue weighted by atomic mass is 32.1. The quantitative estimate of drug-likeness (QED) is 0.228. The molecule has 0 bridgehead atoms. The lowest BCUT2D eigenvalue weighted by molar-refractivity contribution is -0.0661. The molecule has 1 N–H and O–H groups in total. The molecule has 1 fully saturated rings. The number of benzene rings is 3. The van der Waals surface area contributed by atoms with Crippen LogP contribution in [0.5, 0.6) is 0 Å². The van der Waals surface area contributed by atoms with Crippen LogP contribution in [0.1, 0.15) is 31.1 Å². The molecule has 1 unspecified atom stereocenters. The zero-order chi connectivity index (χ0) is 30.6. The summed E-state index contributed by atoms with van der Waals surface area (Å²) in [6.45, 7) is -0.400. The van der Waals surface area contributed by atoms with Crippen LogP contribution in [-0.4, -0.2) is 76.7 Å². The highest BCUT2D eigenvalue weighted by molar-refractivity contribution is 7.80. The van der Waals surface area contributed by atoms with Crippen LogP contribution in [-0.2, 0) is 18.9 Å². The number of nitrogens with one attached hydrogen (secondary N) is 1. The number of fused-ring (bicyclic) bond motifs is 1. The van der Waals surface area contributed by atoms with Crippen LogP contribution < -0.4 is 5.32 Å². The van der Waals surface area contributed by atoms with E-state index in [1.54, 1.807) is 103 Å². The first-order chi connectivity index (χ1) is 21.4. The predicted molar refractivity (Wildman–Crippen MR) is 160 cm³/mol. The molecule has 12 heteroatoms. The summed E-state index contributed by atoms with van der Waals surface area (Å²) in [4.78, 5) is 58.1.